The van der Waals surface area contributed by atoms with E-state index in [0.29, 0.717) is 6.42 Å². The van der Waals surface area contributed by atoms with Gasteiger partial charge in [-0.25, -0.2) is 8.78 Å². The van der Waals surface area contributed by atoms with Crippen molar-refractivity contribution >= 4 is 0 Å². The van der Waals surface area contributed by atoms with E-state index in [0.717, 1.165) is 16.9 Å². The van der Waals surface area contributed by atoms with E-state index < -0.39 is 13.0 Å². The van der Waals surface area contributed by atoms with E-state index in [1.54, 1.807) is 14.2 Å². The number of ether oxygens (including phenoxy) is 2. The zero-order valence-electron chi connectivity index (χ0n) is 10.5. The molecule has 0 amide bonds. The summed E-state index contributed by atoms with van der Waals surface area (Å²) < 4.78 is 34.9. The number of halogens is 2. The second-order valence-corrected chi connectivity index (χ2v) is 4.30. The Bertz CT molecular complexity index is 412. The Morgan fingerprint density at radius 1 is 1.44 bits per heavy atom. The number of alkyl halides is 2. The number of methoxy groups -OCH3 is 1. The van der Waals surface area contributed by atoms with Gasteiger partial charge in [-0.05, 0) is 30.3 Å². The van der Waals surface area contributed by atoms with Crippen LogP contribution in [0, 0.1) is 0 Å². The lowest BCUT2D eigenvalue weighted by Crippen LogP contribution is -2.29. The first-order valence-electron chi connectivity index (χ1n) is 5.89. The maximum absolute atomic E-state index is 12.2. The van der Waals surface area contributed by atoms with E-state index in [1.807, 2.05) is 18.2 Å². The van der Waals surface area contributed by atoms with Gasteiger partial charge in [0.2, 0.25) is 0 Å². The highest BCUT2D eigenvalue weighted by Crippen LogP contribution is 2.35. The molecule has 0 aromatic heterocycles. The average molecular weight is 257 g/mol. The van der Waals surface area contributed by atoms with Gasteiger partial charge in [-0.3, -0.25) is 0 Å². The van der Waals surface area contributed by atoms with Crippen LogP contribution in [-0.2, 0) is 11.2 Å². The van der Waals surface area contributed by atoms with Crippen LogP contribution >= 0.6 is 0 Å². The average Bonchev–Trinajstić information content (AvgIpc) is 2.72. The van der Waals surface area contributed by atoms with Crippen molar-refractivity contribution in [1.29, 1.82) is 0 Å². The molecule has 1 aliphatic rings. The van der Waals surface area contributed by atoms with Crippen molar-refractivity contribution in [2.75, 3.05) is 20.8 Å². The highest BCUT2D eigenvalue weighted by Gasteiger charge is 2.32. The third-order valence-corrected chi connectivity index (χ3v) is 3.23. The summed E-state index contributed by atoms with van der Waals surface area (Å²) in [5.41, 5.74) is 2.19. The normalized spacial score (nSPS) is 22.3. The fraction of sp³-hybridized carbons (Fsp3) is 0.538. The molecule has 5 heteroatoms. The van der Waals surface area contributed by atoms with Gasteiger partial charge < -0.3 is 14.8 Å². The molecule has 1 aliphatic carbocycles. The van der Waals surface area contributed by atoms with Crippen molar-refractivity contribution in [3.8, 4) is 5.75 Å². The monoisotopic (exact) mass is 257 g/mol. The van der Waals surface area contributed by atoms with Crippen LogP contribution in [0.1, 0.15) is 17.2 Å². The van der Waals surface area contributed by atoms with Crippen LogP contribution < -0.4 is 10.1 Å². The van der Waals surface area contributed by atoms with Crippen LogP contribution in [0.15, 0.2) is 18.2 Å². The highest BCUT2D eigenvalue weighted by molar-refractivity contribution is 5.42. The Morgan fingerprint density at radius 3 is 2.83 bits per heavy atom. The van der Waals surface area contributed by atoms with E-state index >= 15 is 0 Å². The maximum Gasteiger partial charge on any atom is 0.261 e. The molecule has 0 spiro atoms. The van der Waals surface area contributed by atoms with Gasteiger partial charge in [0.05, 0.1) is 19.3 Å². The summed E-state index contributed by atoms with van der Waals surface area (Å²) in [6.45, 7) is -0.520. The highest BCUT2D eigenvalue weighted by atomic mass is 19.3. The molecule has 0 saturated heterocycles. The van der Waals surface area contributed by atoms with Crippen molar-refractivity contribution in [2.45, 2.75) is 25.0 Å². The van der Waals surface area contributed by atoms with Gasteiger partial charge in [0.15, 0.2) is 0 Å². The first-order chi connectivity index (χ1) is 8.65. The quantitative estimate of drug-likeness (QED) is 0.877. The Morgan fingerprint density at radius 2 is 2.22 bits per heavy atom. The molecular formula is C13H17F2NO2. The van der Waals surface area contributed by atoms with Crippen LogP contribution in [0.3, 0.4) is 0 Å². The molecule has 0 heterocycles. The van der Waals surface area contributed by atoms with Crippen LogP contribution in [0.4, 0.5) is 8.78 Å². The van der Waals surface area contributed by atoms with Gasteiger partial charge in [0, 0.05) is 6.42 Å². The zero-order chi connectivity index (χ0) is 13.1. The number of fused-ring (bicyclic) bond motifs is 1. The lowest BCUT2D eigenvalue weighted by atomic mass is 10.1. The SMILES string of the molecule is CNC1c2cc(OC)ccc2CC1OCC(F)F. The summed E-state index contributed by atoms with van der Waals surface area (Å²) in [6, 6.07) is 5.71. The number of benzene rings is 1. The number of likely N-dealkylation sites (N-methyl/N-ethyl adjacent to an activating group) is 1. The molecule has 2 atom stereocenters. The molecule has 1 aromatic carbocycles. The summed E-state index contributed by atoms with van der Waals surface area (Å²) in [4.78, 5) is 0. The standard InChI is InChI=1S/C13H17F2NO2/c1-16-13-10-6-9(17-2)4-3-8(10)5-11(13)18-7-12(14)15/h3-4,6,11-13,16H,5,7H2,1-2H3. The summed E-state index contributed by atoms with van der Waals surface area (Å²) in [5, 5.41) is 3.12. The number of hydrogen-bond acceptors (Lipinski definition) is 3. The van der Waals surface area contributed by atoms with Crippen molar-refractivity contribution in [1.82, 2.24) is 5.32 Å². The molecule has 0 radical (unpaired) electrons. The van der Waals surface area contributed by atoms with Gasteiger partial charge in [-0.15, -0.1) is 0 Å². The van der Waals surface area contributed by atoms with Crippen LogP contribution in [-0.4, -0.2) is 33.3 Å². The second kappa shape index (κ2) is 5.63. The van der Waals surface area contributed by atoms with E-state index in [4.69, 9.17) is 9.47 Å². The molecular weight excluding hydrogens is 240 g/mol. The smallest absolute Gasteiger partial charge is 0.261 e. The minimum Gasteiger partial charge on any atom is -0.497 e. The first kappa shape index (κ1) is 13.2. The number of rotatable bonds is 5. The lowest BCUT2D eigenvalue weighted by molar-refractivity contribution is -0.0324. The van der Waals surface area contributed by atoms with Crippen molar-refractivity contribution < 1.29 is 18.3 Å². The minimum atomic E-state index is -2.43. The van der Waals surface area contributed by atoms with Crippen molar-refractivity contribution in [2.24, 2.45) is 0 Å². The molecule has 1 N–H and O–H groups in total. The van der Waals surface area contributed by atoms with E-state index in [-0.39, 0.29) is 12.1 Å². The van der Waals surface area contributed by atoms with Crippen molar-refractivity contribution in [3.05, 3.63) is 29.3 Å². The molecule has 0 aliphatic heterocycles. The molecule has 0 saturated carbocycles. The predicted octanol–water partition coefficient (Wildman–Crippen LogP) is 2.16. The first-order valence-corrected chi connectivity index (χ1v) is 5.89. The predicted molar refractivity (Wildman–Crippen MR) is 64.2 cm³/mol. The zero-order valence-corrected chi connectivity index (χ0v) is 10.5. The minimum absolute atomic E-state index is 0.0613. The summed E-state index contributed by atoms with van der Waals surface area (Å²) in [7, 11) is 3.41. The molecule has 3 nitrogen and oxygen atoms in total. The second-order valence-electron chi connectivity index (χ2n) is 4.30. The molecule has 100 valence electrons. The fourth-order valence-corrected chi connectivity index (χ4v) is 2.40. The Labute approximate surface area is 105 Å². The third-order valence-electron chi connectivity index (χ3n) is 3.23. The molecule has 18 heavy (non-hydrogen) atoms. The van der Waals surface area contributed by atoms with Crippen LogP contribution in [0.2, 0.25) is 0 Å². The van der Waals surface area contributed by atoms with Gasteiger partial charge >= 0.3 is 0 Å². The van der Waals surface area contributed by atoms with Gasteiger partial charge in [0.25, 0.3) is 6.43 Å². The molecule has 2 unspecified atom stereocenters. The van der Waals surface area contributed by atoms with Crippen LogP contribution in [0.25, 0.3) is 0 Å². The third kappa shape index (κ3) is 2.62. The summed E-state index contributed by atoms with van der Waals surface area (Å²) in [6.07, 6.45) is -2.02. The molecule has 1 aromatic rings. The summed E-state index contributed by atoms with van der Waals surface area (Å²) >= 11 is 0. The lowest BCUT2D eigenvalue weighted by Gasteiger charge is -2.20. The van der Waals surface area contributed by atoms with E-state index in [1.165, 1.54) is 0 Å². The van der Waals surface area contributed by atoms with Crippen molar-refractivity contribution in [3.63, 3.8) is 0 Å². The Hall–Kier alpha value is -1.20. The number of hydrogen-bond donors (Lipinski definition) is 1. The molecule has 2 rings (SSSR count). The van der Waals surface area contributed by atoms with Gasteiger partial charge in [0.1, 0.15) is 12.4 Å². The number of nitrogens with one attached hydrogen (secondary N) is 1. The largest absolute Gasteiger partial charge is 0.497 e. The van der Waals surface area contributed by atoms with E-state index in [9.17, 15) is 8.78 Å². The van der Waals surface area contributed by atoms with Crippen LogP contribution in [0.5, 0.6) is 5.75 Å². The van der Waals surface area contributed by atoms with Gasteiger partial charge in [-0.2, -0.15) is 0 Å². The molecule has 0 fully saturated rings. The topological polar surface area (TPSA) is 30.5 Å². The fourth-order valence-electron chi connectivity index (χ4n) is 2.40. The maximum atomic E-state index is 12.2. The molecule has 0 bridgehead atoms. The summed E-state index contributed by atoms with van der Waals surface area (Å²) in [5.74, 6) is 0.767. The van der Waals surface area contributed by atoms with Gasteiger partial charge in [-0.1, -0.05) is 6.07 Å². The van der Waals surface area contributed by atoms with E-state index in [2.05, 4.69) is 5.32 Å². The Kier molecular flexibility index (Phi) is 4.14. The Balaban J connectivity index is 2.15.